The summed E-state index contributed by atoms with van der Waals surface area (Å²) in [7, 11) is 0. The van der Waals surface area contributed by atoms with E-state index in [-0.39, 0.29) is 0 Å². The summed E-state index contributed by atoms with van der Waals surface area (Å²) in [5.41, 5.74) is 0. The molecule has 0 aromatic heterocycles. The molecule has 0 amide bonds. The van der Waals surface area contributed by atoms with Gasteiger partial charge >= 0.3 is 0 Å². The maximum Gasteiger partial charge on any atom is 0.0593 e. The molecule has 0 radical (unpaired) electrons. The van der Waals surface area contributed by atoms with E-state index >= 15 is 0 Å². The van der Waals surface area contributed by atoms with Crippen LogP contribution in [0.5, 0.6) is 0 Å². The third kappa shape index (κ3) is 6.91. The van der Waals surface area contributed by atoms with Gasteiger partial charge in [-0.1, -0.05) is 32.6 Å². The van der Waals surface area contributed by atoms with Crippen LogP contribution in [0.1, 0.15) is 51.9 Å². The van der Waals surface area contributed by atoms with E-state index in [0.717, 1.165) is 19.8 Å². The first kappa shape index (κ1) is 13.0. The lowest BCUT2D eigenvalue weighted by Crippen LogP contribution is -2.24. The SMILES string of the molecule is CCCCCCCOCCN1CCCC1. The average molecular weight is 213 g/mol. The van der Waals surface area contributed by atoms with E-state index in [9.17, 15) is 0 Å². The second kappa shape index (κ2) is 9.17. The first-order valence-electron chi connectivity index (χ1n) is 6.73. The predicted octanol–water partition coefficient (Wildman–Crippen LogP) is 3.07. The lowest BCUT2D eigenvalue weighted by Gasteiger charge is -2.14. The summed E-state index contributed by atoms with van der Waals surface area (Å²) < 4.78 is 5.63. The number of rotatable bonds is 9. The molecule has 1 saturated heterocycles. The Labute approximate surface area is 95.0 Å². The van der Waals surface area contributed by atoms with Gasteiger partial charge in [0.05, 0.1) is 6.61 Å². The molecule has 1 rings (SSSR count). The van der Waals surface area contributed by atoms with Crippen molar-refractivity contribution in [3.63, 3.8) is 0 Å². The average Bonchev–Trinajstić information content (AvgIpc) is 2.75. The predicted molar refractivity (Wildman–Crippen MR) is 65.3 cm³/mol. The number of ether oxygens (including phenoxy) is 1. The Morgan fingerprint density at radius 1 is 0.933 bits per heavy atom. The minimum absolute atomic E-state index is 0.938. The first-order valence-corrected chi connectivity index (χ1v) is 6.73. The smallest absolute Gasteiger partial charge is 0.0593 e. The molecule has 0 saturated carbocycles. The van der Waals surface area contributed by atoms with Crippen LogP contribution in [0.4, 0.5) is 0 Å². The van der Waals surface area contributed by atoms with Gasteiger partial charge in [0.15, 0.2) is 0 Å². The summed E-state index contributed by atoms with van der Waals surface area (Å²) in [6.07, 6.45) is 9.46. The fourth-order valence-corrected chi connectivity index (χ4v) is 2.11. The fraction of sp³-hybridized carbons (Fsp3) is 1.00. The minimum atomic E-state index is 0.938. The molecule has 0 bridgehead atoms. The Balaban J connectivity index is 1.73. The van der Waals surface area contributed by atoms with Crippen LogP contribution in [0.25, 0.3) is 0 Å². The summed E-state index contributed by atoms with van der Waals surface area (Å²) in [6.45, 7) is 7.90. The molecule has 1 fully saturated rings. The molecule has 2 nitrogen and oxygen atoms in total. The van der Waals surface area contributed by atoms with Crippen molar-refractivity contribution >= 4 is 0 Å². The van der Waals surface area contributed by atoms with Crippen LogP contribution in [-0.2, 0) is 4.74 Å². The van der Waals surface area contributed by atoms with Crippen LogP contribution >= 0.6 is 0 Å². The molecule has 0 aromatic rings. The number of hydrogen-bond acceptors (Lipinski definition) is 2. The number of likely N-dealkylation sites (tertiary alicyclic amines) is 1. The molecule has 0 spiro atoms. The highest BCUT2D eigenvalue weighted by molar-refractivity contribution is 4.64. The standard InChI is InChI=1S/C13H27NO/c1-2-3-4-5-8-12-15-13-11-14-9-6-7-10-14/h2-13H2,1H3. The van der Waals surface area contributed by atoms with Crippen LogP contribution in [0.15, 0.2) is 0 Å². The van der Waals surface area contributed by atoms with E-state index in [2.05, 4.69) is 11.8 Å². The molecule has 0 unspecified atom stereocenters. The van der Waals surface area contributed by atoms with E-state index in [1.165, 1.54) is 58.0 Å². The number of hydrogen-bond donors (Lipinski definition) is 0. The van der Waals surface area contributed by atoms with E-state index < -0.39 is 0 Å². The molecule has 0 aliphatic carbocycles. The highest BCUT2D eigenvalue weighted by Gasteiger charge is 2.09. The van der Waals surface area contributed by atoms with Crippen LogP contribution in [0.2, 0.25) is 0 Å². The Morgan fingerprint density at radius 2 is 1.67 bits per heavy atom. The highest BCUT2D eigenvalue weighted by Crippen LogP contribution is 2.06. The van der Waals surface area contributed by atoms with Crippen molar-refractivity contribution in [2.45, 2.75) is 51.9 Å². The van der Waals surface area contributed by atoms with Gasteiger partial charge in [-0.05, 0) is 32.4 Å². The summed E-state index contributed by atoms with van der Waals surface area (Å²) in [5.74, 6) is 0. The van der Waals surface area contributed by atoms with Gasteiger partial charge < -0.3 is 9.64 Å². The molecule has 0 N–H and O–H groups in total. The lowest BCUT2D eigenvalue weighted by atomic mass is 10.2. The third-order valence-corrected chi connectivity index (χ3v) is 3.14. The first-order chi connectivity index (χ1) is 7.43. The lowest BCUT2D eigenvalue weighted by molar-refractivity contribution is 0.108. The molecular weight excluding hydrogens is 186 g/mol. The monoisotopic (exact) mass is 213 g/mol. The third-order valence-electron chi connectivity index (χ3n) is 3.14. The van der Waals surface area contributed by atoms with Gasteiger partial charge in [0, 0.05) is 13.2 Å². The van der Waals surface area contributed by atoms with Crippen molar-refractivity contribution in [2.75, 3.05) is 32.8 Å². The molecule has 1 aliphatic heterocycles. The van der Waals surface area contributed by atoms with Crippen molar-refractivity contribution in [3.8, 4) is 0 Å². The van der Waals surface area contributed by atoms with Gasteiger partial charge in [0.25, 0.3) is 0 Å². The minimum Gasteiger partial charge on any atom is -0.380 e. The zero-order valence-corrected chi connectivity index (χ0v) is 10.3. The van der Waals surface area contributed by atoms with Gasteiger partial charge in [0.2, 0.25) is 0 Å². The van der Waals surface area contributed by atoms with E-state index in [1.807, 2.05) is 0 Å². The Bertz CT molecular complexity index is 132. The maximum absolute atomic E-state index is 5.63. The quantitative estimate of drug-likeness (QED) is 0.546. The molecule has 90 valence electrons. The summed E-state index contributed by atoms with van der Waals surface area (Å²) in [6, 6.07) is 0. The molecule has 0 aromatic carbocycles. The van der Waals surface area contributed by atoms with Crippen molar-refractivity contribution in [2.24, 2.45) is 0 Å². The van der Waals surface area contributed by atoms with Crippen molar-refractivity contribution < 1.29 is 4.74 Å². The van der Waals surface area contributed by atoms with E-state index in [1.54, 1.807) is 0 Å². The second-order valence-electron chi connectivity index (χ2n) is 4.58. The normalized spacial score (nSPS) is 17.4. The molecule has 0 atom stereocenters. The van der Waals surface area contributed by atoms with Crippen LogP contribution in [0.3, 0.4) is 0 Å². The molecule has 2 heteroatoms. The molecule has 1 aliphatic rings. The fourth-order valence-electron chi connectivity index (χ4n) is 2.11. The van der Waals surface area contributed by atoms with Crippen molar-refractivity contribution in [1.29, 1.82) is 0 Å². The van der Waals surface area contributed by atoms with Crippen molar-refractivity contribution in [3.05, 3.63) is 0 Å². The Hall–Kier alpha value is -0.0800. The Morgan fingerprint density at radius 3 is 2.40 bits per heavy atom. The van der Waals surface area contributed by atoms with Crippen LogP contribution in [0, 0.1) is 0 Å². The summed E-state index contributed by atoms with van der Waals surface area (Å²) >= 11 is 0. The topological polar surface area (TPSA) is 12.5 Å². The Kier molecular flexibility index (Phi) is 7.94. The van der Waals surface area contributed by atoms with Crippen molar-refractivity contribution in [1.82, 2.24) is 4.90 Å². The second-order valence-corrected chi connectivity index (χ2v) is 4.58. The van der Waals surface area contributed by atoms with Gasteiger partial charge in [-0.3, -0.25) is 0 Å². The molecular formula is C13H27NO. The van der Waals surface area contributed by atoms with Crippen LogP contribution < -0.4 is 0 Å². The summed E-state index contributed by atoms with van der Waals surface area (Å²) in [4.78, 5) is 2.51. The maximum atomic E-state index is 5.63. The van der Waals surface area contributed by atoms with Gasteiger partial charge in [-0.25, -0.2) is 0 Å². The molecule has 1 heterocycles. The van der Waals surface area contributed by atoms with Gasteiger partial charge in [-0.2, -0.15) is 0 Å². The van der Waals surface area contributed by atoms with Gasteiger partial charge in [-0.15, -0.1) is 0 Å². The zero-order valence-electron chi connectivity index (χ0n) is 10.3. The van der Waals surface area contributed by atoms with Crippen LogP contribution in [-0.4, -0.2) is 37.7 Å². The molecule has 15 heavy (non-hydrogen) atoms. The highest BCUT2D eigenvalue weighted by atomic mass is 16.5. The zero-order chi connectivity index (χ0) is 10.8. The number of nitrogens with zero attached hydrogens (tertiary/aromatic N) is 1. The van der Waals surface area contributed by atoms with Gasteiger partial charge in [0.1, 0.15) is 0 Å². The largest absolute Gasteiger partial charge is 0.380 e. The summed E-state index contributed by atoms with van der Waals surface area (Å²) in [5, 5.41) is 0. The van der Waals surface area contributed by atoms with E-state index in [4.69, 9.17) is 4.74 Å². The number of unbranched alkanes of at least 4 members (excludes halogenated alkanes) is 4. The van der Waals surface area contributed by atoms with E-state index in [0.29, 0.717) is 0 Å².